The third kappa shape index (κ3) is 1.87. The summed E-state index contributed by atoms with van der Waals surface area (Å²) < 4.78 is 0. The molecule has 58 valence electrons. The van der Waals surface area contributed by atoms with E-state index in [0.717, 1.165) is 24.1 Å². The highest BCUT2D eigenvalue weighted by molar-refractivity contribution is 5.74. The Morgan fingerprint density at radius 3 is 2.82 bits per heavy atom. The molecule has 0 bridgehead atoms. The Labute approximate surface area is 66.3 Å². The summed E-state index contributed by atoms with van der Waals surface area (Å²) in [4.78, 5) is 14.6. The number of aromatic nitrogens is 1. The number of pyridine rings is 1. The van der Waals surface area contributed by atoms with Gasteiger partial charge in [-0.15, -0.1) is 0 Å². The Hall–Kier alpha value is -1.18. The minimum atomic E-state index is 0.717. The standard InChI is InChI=1S/C9H11NO/c1-3-9-5-8(6-11)4-7(2)10-9/h4-6H,3H2,1-2H3. The number of hydrogen-bond acceptors (Lipinski definition) is 2. The van der Waals surface area contributed by atoms with Crippen molar-refractivity contribution in [3.63, 3.8) is 0 Å². The zero-order valence-electron chi connectivity index (χ0n) is 6.79. The molecule has 0 fully saturated rings. The van der Waals surface area contributed by atoms with Crippen LogP contribution in [0.3, 0.4) is 0 Å². The topological polar surface area (TPSA) is 30.0 Å². The van der Waals surface area contributed by atoms with E-state index in [-0.39, 0.29) is 0 Å². The molecule has 0 amide bonds. The molecule has 0 aliphatic heterocycles. The van der Waals surface area contributed by atoms with Crippen molar-refractivity contribution in [3.05, 3.63) is 29.1 Å². The molecule has 1 aromatic heterocycles. The van der Waals surface area contributed by atoms with Gasteiger partial charge in [0, 0.05) is 17.0 Å². The molecule has 0 radical (unpaired) electrons. The van der Waals surface area contributed by atoms with Crippen molar-refractivity contribution in [2.75, 3.05) is 0 Å². The maximum atomic E-state index is 10.4. The second kappa shape index (κ2) is 3.28. The number of aryl methyl sites for hydroxylation is 2. The fourth-order valence-electron chi connectivity index (χ4n) is 1.02. The summed E-state index contributed by atoms with van der Waals surface area (Å²) >= 11 is 0. The fourth-order valence-corrected chi connectivity index (χ4v) is 1.02. The van der Waals surface area contributed by atoms with E-state index < -0.39 is 0 Å². The normalized spacial score (nSPS) is 9.64. The second-order valence-electron chi connectivity index (χ2n) is 2.50. The summed E-state index contributed by atoms with van der Waals surface area (Å²) in [5.74, 6) is 0. The SMILES string of the molecule is CCc1cc(C=O)cc(C)n1. The van der Waals surface area contributed by atoms with Gasteiger partial charge in [0.15, 0.2) is 0 Å². The quantitative estimate of drug-likeness (QED) is 0.600. The smallest absolute Gasteiger partial charge is 0.150 e. The molecular formula is C9H11NO. The lowest BCUT2D eigenvalue weighted by Gasteiger charge is -1.98. The molecule has 2 heteroatoms. The van der Waals surface area contributed by atoms with Crippen LogP contribution in [0.2, 0.25) is 0 Å². The maximum Gasteiger partial charge on any atom is 0.150 e. The van der Waals surface area contributed by atoms with E-state index in [9.17, 15) is 4.79 Å². The Kier molecular flexibility index (Phi) is 2.36. The lowest BCUT2D eigenvalue weighted by Crippen LogP contribution is -1.92. The summed E-state index contributed by atoms with van der Waals surface area (Å²) in [6.07, 6.45) is 1.73. The van der Waals surface area contributed by atoms with Crippen LogP contribution in [-0.2, 0) is 6.42 Å². The van der Waals surface area contributed by atoms with Crippen LogP contribution < -0.4 is 0 Å². The highest BCUT2D eigenvalue weighted by Gasteiger charge is 1.96. The summed E-state index contributed by atoms with van der Waals surface area (Å²) in [7, 11) is 0. The van der Waals surface area contributed by atoms with Gasteiger partial charge in [0.25, 0.3) is 0 Å². The summed E-state index contributed by atoms with van der Waals surface area (Å²) in [5.41, 5.74) is 2.60. The molecule has 0 atom stereocenters. The largest absolute Gasteiger partial charge is 0.298 e. The highest BCUT2D eigenvalue weighted by atomic mass is 16.1. The zero-order valence-corrected chi connectivity index (χ0v) is 6.79. The van der Waals surface area contributed by atoms with E-state index >= 15 is 0 Å². The van der Waals surface area contributed by atoms with E-state index in [0.29, 0.717) is 5.56 Å². The molecular weight excluding hydrogens is 138 g/mol. The first-order valence-corrected chi connectivity index (χ1v) is 3.69. The minimum absolute atomic E-state index is 0.717. The average Bonchev–Trinajstić information content (AvgIpc) is 2.03. The first-order valence-electron chi connectivity index (χ1n) is 3.69. The minimum Gasteiger partial charge on any atom is -0.298 e. The number of carbonyl (C=O) groups is 1. The van der Waals surface area contributed by atoms with Crippen LogP contribution in [0.4, 0.5) is 0 Å². The Balaban J connectivity index is 3.11. The van der Waals surface area contributed by atoms with Gasteiger partial charge in [-0.25, -0.2) is 0 Å². The van der Waals surface area contributed by atoms with Crippen LogP contribution in [0.15, 0.2) is 12.1 Å². The van der Waals surface area contributed by atoms with E-state index in [2.05, 4.69) is 4.98 Å². The third-order valence-corrected chi connectivity index (χ3v) is 1.53. The molecule has 0 aliphatic rings. The highest BCUT2D eigenvalue weighted by Crippen LogP contribution is 2.03. The molecule has 2 nitrogen and oxygen atoms in total. The van der Waals surface area contributed by atoms with Gasteiger partial charge >= 0.3 is 0 Å². The Bertz CT molecular complexity index is 268. The monoisotopic (exact) mass is 149 g/mol. The van der Waals surface area contributed by atoms with E-state index in [1.807, 2.05) is 19.9 Å². The molecule has 1 aromatic rings. The number of carbonyl (C=O) groups excluding carboxylic acids is 1. The van der Waals surface area contributed by atoms with Gasteiger partial charge in [0.1, 0.15) is 6.29 Å². The van der Waals surface area contributed by atoms with Gasteiger partial charge in [-0.1, -0.05) is 6.92 Å². The van der Waals surface area contributed by atoms with Crippen LogP contribution in [0.5, 0.6) is 0 Å². The number of rotatable bonds is 2. The number of aldehydes is 1. The first-order chi connectivity index (χ1) is 5.26. The van der Waals surface area contributed by atoms with Crippen molar-refractivity contribution < 1.29 is 4.79 Å². The molecule has 0 saturated heterocycles. The van der Waals surface area contributed by atoms with Crippen molar-refractivity contribution in [2.24, 2.45) is 0 Å². The predicted molar refractivity (Wildman–Crippen MR) is 43.7 cm³/mol. The van der Waals surface area contributed by atoms with Gasteiger partial charge in [-0.05, 0) is 25.5 Å². The van der Waals surface area contributed by atoms with Crippen LogP contribution >= 0.6 is 0 Å². The molecule has 1 heterocycles. The number of hydrogen-bond donors (Lipinski definition) is 0. The van der Waals surface area contributed by atoms with Crippen LogP contribution in [0.1, 0.15) is 28.7 Å². The Morgan fingerprint density at radius 1 is 1.55 bits per heavy atom. The number of nitrogens with zero attached hydrogens (tertiary/aromatic N) is 1. The van der Waals surface area contributed by atoms with Gasteiger partial charge in [-0.2, -0.15) is 0 Å². The third-order valence-electron chi connectivity index (χ3n) is 1.53. The van der Waals surface area contributed by atoms with Gasteiger partial charge < -0.3 is 0 Å². The molecule has 1 rings (SSSR count). The van der Waals surface area contributed by atoms with Gasteiger partial charge in [0.2, 0.25) is 0 Å². The molecule has 0 N–H and O–H groups in total. The van der Waals surface area contributed by atoms with Crippen LogP contribution in [-0.4, -0.2) is 11.3 Å². The van der Waals surface area contributed by atoms with Gasteiger partial charge in [-0.3, -0.25) is 9.78 Å². The van der Waals surface area contributed by atoms with Crippen molar-refractivity contribution in [3.8, 4) is 0 Å². The maximum absolute atomic E-state index is 10.4. The zero-order chi connectivity index (χ0) is 8.27. The lowest BCUT2D eigenvalue weighted by atomic mass is 10.2. The van der Waals surface area contributed by atoms with E-state index in [4.69, 9.17) is 0 Å². The van der Waals surface area contributed by atoms with Crippen molar-refractivity contribution >= 4 is 6.29 Å². The molecule has 0 saturated carbocycles. The summed E-state index contributed by atoms with van der Waals surface area (Å²) in [6, 6.07) is 3.60. The average molecular weight is 149 g/mol. The van der Waals surface area contributed by atoms with Crippen molar-refractivity contribution in [2.45, 2.75) is 20.3 Å². The van der Waals surface area contributed by atoms with E-state index in [1.165, 1.54) is 0 Å². The molecule has 11 heavy (non-hydrogen) atoms. The molecule has 0 spiro atoms. The lowest BCUT2D eigenvalue weighted by molar-refractivity contribution is 0.112. The van der Waals surface area contributed by atoms with Crippen molar-refractivity contribution in [1.82, 2.24) is 4.98 Å². The second-order valence-corrected chi connectivity index (χ2v) is 2.50. The molecule has 0 aliphatic carbocycles. The summed E-state index contributed by atoms with van der Waals surface area (Å²) in [6.45, 7) is 3.92. The molecule has 0 unspecified atom stereocenters. The van der Waals surface area contributed by atoms with Crippen LogP contribution in [0, 0.1) is 6.92 Å². The summed E-state index contributed by atoms with van der Waals surface area (Å²) in [5, 5.41) is 0. The first kappa shape index (κ1) is 7.92. The van der Waals surface area contributed by atoms with Crippen LogP contribution in [0.25, 0.3) is 0 Å². The molecule has 0 aromatic carbocycles. The predicted octanol–water partition coefficient (Wildman–Crippen LogP) is 1.76. The Morgan fingerprint density at radius 2 is 2.27 bits per heavy atom. The van der Waals surface area contributed by atoms with E-state index in [1.54, 1.807) is 6.07 Å². The van der Waals surface area contributed by atoms with Crippen molar-refractivity contribution in [1.29, 1.82) is 0 Å². The van der Waals surface area contributed by atoms with Gasteiger partial charge in [0.05, 0.1) is 0 Å². The fraction of sp³-hybridized carbons (Fsp3) is 0.333.